The van der Waals surface area contributed by atoms with Gasteiger partial charge in [-0.1, -0.05) is 18.2 Å². The van der Waals surface area contributed by atoms with Gasteiger partial charge in [-0.25, -0.2) is 0 Å². The molecule has 0 radical (unpaired) electrons. The van der Waals surface area contributed by atoms with Crippen molar-refractivity contribution >= 4 is 5.78 Å². The van der Waals surface area contributed by atoms with E-state index in [-0.39, 0.29) is 5.56 Å². The normalized spacial score (nSPS) is 10.6. The Hall–Kier alpha value is -2.92. The van der Waals surface area contributed by atoms with Gasteiger partial charge in [-0.3, -0.25) is 4.79 Å². The molecule has 0 heterocycles. The van der Waals surface area contributed by atoms with Crippen molar-refractivity contribution in [2.45, 2.75) is 6.05 Å². The summed E-state index contributed by atoms with van der Waals surface area (Å²) >= 11 is 0. The third kappa shape index (κ3) is 3.55. The van der Waals surface area contributed by atoms with Gasteiger partial charge in [-0.05, 0) is 47.0 Å². The fourth-order valence-electron chi connectivity index (χ4n) is 1.57. The van der Waals surface area contributed by atoms with Gasteiger partial charge in [-0.15, -0.1) is 0 Å². The van der Waals surface area contributed by atoms with Gasteiger partial charge >= 0.3 is 6.05 Å². The van der Waals surface area contributed by atoms with Gasteiger partial charge < -0.3 is 4.74 Å². The lowest BCUT2D eigenvalue weighted by Crippen LogP contribution is -2.25. The molecule has 0 saturated heterocycles. The molecule has 0 saturated carbocycles. The summed E-state index contributed by atoms with van der Waals surface area (Å²) in [6.45, 7) is 0. The Morgan fingerprint density at radius 1 is 1.05 bits per heavy atom. The third-order valence-electron chi connectivity index (χ3n) is 2.54. The number of carbonyl (C=O) groups is 1. The first kappa shape index (κ1) is 14.5. The van der Waals surface area contributed by atoms with Crippen LogP contribution in [-0.4, -0.2) is 11.8 Å². The van der Waals surface area contributed by atoms with E-state index in [2.05, 4.69) is 5.11 Å². The molecular weight excluding hydrogens is 280 g/mol. The average Bonchev–Trinajstić information content (AvgIpc) is 2.48. The van der Waals surface area contributed by atoms with Crippen LogP contribution in [0.3, 0.4) is 0 Å². The van der Waals surface area contributed by atoms with Gasteiger partial charge in [0.05, 0.1) is 0 Å². The average molecular weight is 289 g/mol. The standard InChI is InChI=1S/C14H9F2N3O2/c15-14(16,18-19-17)13(20)10-6-8-12(9-7-10)21-11-4-2-1-3-5-11/h1-9H. The highest BCUT2D eigenvalue weighted by Crippen LogP contribution is 2.25. The lowest BCUT2D eigenvalue weighted by Gasteiger charge is -2.09. The summed E-state index contributed by atoms with van der Waals surface area (Å²) in [5.41, 5.74) is 7.74. The molecule has 0 aliphatic rings. The van der Waals surface area contributed by atoms with Crippen LogP contribution in [0.4, 0.5) is 8.78 Å². The van der Waals surface area contributed by atoms with E-state index in [0.717, 1.165) is 0 Å². The maximum absolute atomic E-state index is 13.1. The Morgan fingerprint density at radius 3 is 2.19 bits per heavy atom. The summed E-state index contributed by atoms with van der Waals surface area (Å²) in [7, 11) is 0. The molecule has 0 atom stereocenters. The van der Waals surface area contributed by atoms with Crippen LogP contribution in [-0.2, 0) is 0 Å². The Bertz CT molecular complexity index is 681. The molecule has 21 heavy (non-hydrogen) atoms. The zero-order chi connectivity index (χ0) is 15.3. The zero-order valence-electron chi connectivity index (χ0n) is 10.6. The smallest absolute Gasteiger partial charge is 0.387 e. The number of para-hydroxylation sites is 1. The minimum Gasteiger partial charge on any atom is -0.457 e. The number of benzene rings is 2. The molecular formula is C14H9F2N3O2. The van der Waals surface area contributed by atoms with E-state index < -0.39 is 11.8 Å². The lowest BCUT2D eigenvalue weighted by molar-refractivity contribution is 0.0148. The number of alkyl halides is 2. The molecule has 5 nitrogen and oxygen atoms in total. The first-order valence-electron chi connectivity index (χ1n) is 5.85. The molecule has 106 valence electrons. The predicted octanol–water partition coefficient (Wildman–Crippen LogP) is 4.56. The summed E-state index contributed by atoms with van der Waals surface area (Å²) in [5, 5.41) is 2.19. The minimum atomic E-state index is -4.10. The van der Waals surface area contributed by atoms with Crippen LogP contribution in [0.1, 0.15) is 10.4 Å². The topological polar surface area (TPSA) is 75.1 Å². The molecule has 0 aliphatic heterocycles. The molecule has 0 amide bonds. The van der Waals surface area contributed by atoms with E-state index in [4.69, 9.17) is 10.3 Å². The number of carbonyl (C=O) groups excluding carboxylic acids is 1. The first-order chi connectivity index (χ1) is 10.0. The van der Waals surface area contributed by atoms with Crippen molar-refractivity contribution in [1.29, 1.82) is 0 Å². The summed E-state index contributed by atoms with van der Waals surface area (Å²) in [4.78, 5) is 13.4. The van der Waals surface area contributed by atoms with Crippen molar-refractivity contribution in [2.75, 3.05) is 0 Å². The molecule has 2 aromatic rings. The Labute approximate surface area is 118 Å². The van der Waals surface area contributed by atoms with Crippen LogP contribution in [0.2, 0.25) is 0 Å². The van der Waals surface area contributed by atoms with E-state index in [1.807, 2.05) is 11.0 Å². The summed E-state index contributed by atoms with van der Waals surface area (Å²) in [6.07, 6.45) is 0. The monoisotopic (exact) mass is 289 g/mol. The molecule has 0 fully saturated rings. The number of halogens is 2. The predicted molar refractivity (Wildman–Crippen MR) is 71.4 cm³/mol. The van der Waals surface area contributed by atoms with Crippen LogP contribution in [0, 0.1) is 0 Å². The van der Waals surface area contributed by atoms with Gasteiger partial charge in [0.1, 0.15) is 11.5 Å². The summed E-state index contributed by atoms with van der Waals surface area (Å²) < 4.78 is 31.8. The largest absolute Gasteiger partial charge is 0.457 e. The Kier molecular flexibility index (Phi) is 4.15. The van der Waals surface area contributed by atoms with Crippen molar-refractivity contribution in [3.05, 3.63) is 70.6 Å². The van der Waals surface area contributed by atoms with Gasteiger partial charge in [0, 0.05) is 10.5 Å². The van der Waals surface area contributed by atoms with Crippen molar-refractivity contribution < 1.29 is 18.3 Å². The zero-order valence-corrected chi connectivity index (χ0v) is 10.6. The maximum Gasteiger partial charge on any atom is 0.387 e. The van der Waals surface area contributed by atoms with E-state index in [1.165, 1.54) is 24.3 Å². The molecule has 0 aromatic heterocycles. The molecule has 0 bridgehead atoms. The molecule has 7 heteroatoms. The van der Waals surface area contributed by atoms with Gasteiger partial charge in [0.25, 0.3) is 0 Å². The fourth-order valence-corrected chi connectivity index (χ4v) is 1.57. The molecule has 0 spiro atoms. The highest BCUT2D eigenvalue weighted by Gasteiger charge is 2.38. The summed E-state index contributed by atoms with van der Waals surface area (Å²) in [6, 6.07) is 9.88. The molecule has 0 unspecified atom stereocenters. The van der Waals surface area contributed by atoms with Gasteiger partial charge in [-0.2, -0.15) is 8.78 Å². The SMILES string of the molecule is [N-]=[N+]=NC(F)(F)C(=O)c1ccc(Oc2ccccc2)cc1. The number of hydrogen-bond donors (Lipinski definition) is 0. The molecule has 0 N–H and O–H groups in total. The Balaban J connectivity index is 2.16. The van der Waals surface area contributed by atoms with Gasteiger partial charge in [0.2, 0.25) is 5.78 Å². The van der Waals surface area contributed by atoms with Crippen LogP contribution in [0.15, 0.2) is 59.7 Å². The fraction of sp³-hybridized carbons (Fsp3) is 0.0714. The van der Waals surface area contributed by atoms with Crippen LogP contribution in [0.25, 0.3) is 10.4 Å². The number of azide groups is 1. The van der Waals surface area contributed by atoms with Crippen LogP contribution >= 0.6 is 0 Å². The van der Waals surface area contributed by atoms with E-state index in [0.29, 0.717) is 11.5 Å². The Morgan fingerprint density at radius 2 is 1.62 bits per heavy atom. The van der Waals surface area contributed by atoms with Crippen molar-refractivity contribution in [1.82, 2.24) is 0 Å². The quantitative estimate of drug-likeness (QED) is 0.266. The van der Waals surface area contributed by atoms with Gasteiger partial charge in [0.15, 0.2) is 0 Å². The highest BCUT2D eigenvalue weighted by molar-refractivity contribution is 6.01. The second-order valence-electron chi connectivity index (χ2n) is 4.00. The molecule has 2 rings (SSSR count). The first-order valence-corrected chi connectivity index (χ1v) is 5.85. The second-order valence-corrected chi connectivity index (χ2v) is 4.00. The maximum atomic E-state index is 13.1. The summed E-state index contributed by atoms with van der Waals surface area (Å²) in [5.74, 6) is -0.590. The van der Waals surface area contributed by atoms with Crippen molar-refractivity contribution in [2.24, 2.45) is 5.11 Å². The van der Waals surface area contributed by atoms with Crippen molar-refractivity contribution in [3.63, 3.8) is 0 Å². The van der Waals surface area contributed by atoms with Crippen LogP contribution in [0.5, 0.6) is 11.5 Å². The molecule has 0 aliphatic carbocycles. The molecule has 2 aromatic carbocycles. The third-order valence-corrected chi connectivity index (χ3v) is 2.54. The number of ketones is 1. The number of Topliss-reactive ketones (excluding diaryl/α,β-unsaturated/α-hetero) is 1. The van der Waals surface area contributed by atoms with Crippen LogP contribution < -0.4 is 4.74 Å². The number of hydrogen-bond acceptors (Lipinski definition) is 3. The van der Waals surface area contributed by atoms with E-state index in [9.17, 15) is 13.6 Å². The van der Waals surface area contributed by atoms with E-state index in [1.54, 1.807) is 24.3 Å². The second kappa shape index (κ2) is 6.02. The minimum absolute atomic E-state index is 0.271. The number of rotatable bonds is 5. The lowest BCUT2D eigenvalue weighted by atomic mass is 10.1. The van der Waals surface area contributed by atoms with E-state index >= 15 is 0 Å². The highest BCUT2D eigenvalue weighted by atomic mass is 19.3. The van der Waals surface area contributed by atoms with Crippen molar-refractivity contribution in [3.8, 4) is 11.5 Å². The number of ether oxygens (including phenoxy) is 1. The number of nitrogens with zero attached hydrogens (tertiary/aromatic N) is 3.